The number of azide groups is 1. The van der Waals surface area contributed by atoms with E-state index in [1.807, 2.05) is 36.4 Å². The summed E-state index contributed by atoms with van der Waals surface area (Å²) in [4.78, 5) is 22.6. The average molecular weight is 716 g/mol. The molecule has 0 saturated heterocycles. The van der Waals surface area contributed by atoms with E-state index in [1.165, 1.54) is 0 Å². The fourth-order valence-corrected chi connectivity index (χ4v) is 5.61. The Morgan fingerprint density at radius 3 is 2.46 bits per heavy atom. The van der Waals surface area contributed by atoms with Gasteiger partial charge in [0.05, 0.1) is 20.8 Å². The highest BCUT2D eigenvalue weighted by Gasteiger charge is 2.54. The Labute approximate surface area is 286 Å². The van der Waals surface area contributed by atoms with Gasteiger partial charge in [0.1, 0.15) is 5.75 Å². The molecule has 0 radical (unpaired) electrons. The van der Waals surface area contributed by atoms with Gasteiger partial charge in [0, 0.05) is 52.2 Å². The van der Waals surface area contributed by atoms with Crippen molar-refractivity contribution in [3.63, 3.8) is 0 Å². The monoisotopic (exact) mass is 714 g/mol. The first-order chi connectivity index (χ1) is 23.4. The topological polar surface area (TPSA) is 159 Å². The number of amides is 1. The van der Waals surface area contributed by atoms with Crippen molar-refractivity contribution < 1.29 is 28.8 Å². The molecule has 1 aliphatic heterocycles. The van der Waals surface area contributed by atoms with Crippen LogP contribution in [0.3, 0.4) is 0 Å². The first-order valence-electron chi connectivity index (χ1n) is 15.1. The lowest BCUT2D eigenvalue weighted by atomic mass is 9.81. The van der Waals surface area contributed by atoms with Crippen LogP contribution >= 0.6 is 15.9 Å². The van der Waals surface area contributed by atoms with Crippen LogP contribution in [0.5, 0.6) is 17.2 Å². The second-order valence-electron chi connectivity index (χ2n) is 10.8. The SMILES string of the molecule is COc1ccc(CNNC(=O)[C@@]2(Cc3ccc(Br)cc3)N=C(c3ccc(OCCCO)cc3)O[C@H]2c2ccccc2N=[N+]=[N-])cc1OC. The molecule has 4 aromatic carbocycles. The maximum atomic E-state index is 14.5. The highest BCUT2D eigenvalue weighted by molar-refractivity contribution is 9.10. The van der Waals surface area contributed by atoms with Gasteiger partial charge in [-0.25, -0.2) is 10.4 Å². The van der Waals surface area contributed by atoms with Crippen LogP contribution in [0.15, 0.2) is 106 Å². The molecular weight excluding hydrogens is 680 g/mol. The maximum absolute atomic E-state index is 14.5. The van der Waals surface area contributed by atoms with Crippen LogP contribution in [-0.4, -0.2) is 49.9 Å². The minimum atomic E-state index is -1.54. The van der Waals surface area contributed by atoms with Crippen LogP contribution in [0, 0.1) is 0 Å². The van der Waals surface area contributed by atoms with Crippen LogP contribution < -0.4 is 25.1 Å². The van der Waals surface area contributed by atoms with Crippen molar-refractivity contribution in [1.29, 1.82) is 0 Å². The number of benzene rings is 4. The summed E-state index contributed by atoms with van der Waals surface area (Å²) >= 11 is 3.49. The summed E-state index contributed by atoms with van der Waals surface area (Å²) in [6, 6.07) is 27.2. The summed E-state index contributed by atoms with van der Waals surface area (Å²) in [7, 11) is 3.13. The number of aliphatic imine (C=N–C) groups is 1. The van der Waals surface area contributed by atoms with Gasteiger partial charge in [0.2, 0.25) is 5.90 Å². The number of halogens is 1. The maximum Gasteiger partial charge on any atom is 0.266 e. The van der Waals surface area contributed by atoms with Crippen molar-refractivity contribution in [1.82, 2.24) is 10.9 Å². The Morgan fingerprint density at radius 1 is 1.02 bits per heavy atom. The number of hydrazine groups is 1. The molecule has 1 heterocycles. The van der Waals surface area contributed by atoms with Gasteiger partial charge in [-0.1, -0.05) is 63.5 Å². The van der Waals surface area contributed by atoms with Gasteiger partial charge in [-0.15, -0.1) is 0 Å². The van der Waals surface area contributed by atoms with E-state index in [9.17, 15) is 10.3 Å². The minimum Gasteiger partial charge on any atom is -0.494 e. The van der Waals surface area contributed by atoms with Crippen LogP contribution in [0.4, 0.5) is 5.69 Å². The molecule has 48 heavy (non-hydrogen) atoms. The number of carbonyl (C=O) groups is 1. The quantitative estimate of drug-likeness (QED) is 0.0417. The lowest BCUT2D eigenvalue weighted by molar-refractivity contribution is -0.130. The van der Waals surface area contributed by atoms with E-state index in [1.54, 1.807) is 68.8 Å². The van der Waals surface area contributed by atoms with Gasteiger partial charge in [0.25, 0.3) is 5.91 Å². The zero-order valence-electron chi connectivity index (χ0n) is 26.4. The molecule has 0 fully saturated rings. The molecule has 12 nitrogen and oxygen atoms in total. The van der Waals surface area contributed by atoms with Crippen LogP contribution in [0.25, 0.3) is 10.4 Å². The molecule has 0 unspecified atom stereocenters. The third kappa shape index (κ3) is 7.89. The van der Waals surface area contributed by atoms with Gasteiger partial charge in [-0.2, -0.15) is 0 Å². The van der Waals surface area contributed by atoms with Crippen LogP contribution in [0.1, 0.15) is 34.8 Å². The van der Waals surface area contributed by atoms with Crippen molar-refractivity contribution in [2.75, 3.05) is 27.4 Å². The first-order valence-corrected chi connectivity index (χ1v) is 15.9. The zero-order valence-corrected chi connectivity index (χ0v) is 28.0. The molecule has 0 aromatic heterocycles. The smallest absolute Gasteiger partial charge is 0.266 e. The predicted molar refractivity (Wildman–Crippen MR) is 184 cm³/mol. The lowest BCUT2D eigenvalue weighted by Gasteiger charge is -2.31. The number of aliphatic hydroxyl groups excluding tert-OH is 1. The largest absolute Gasteiger partial charge is 0.494 e. The third-order valence-electron chi connectivity index (χ3n) is 7.73. The Hall–Kier alpha value is -5.07. The molecule has 248 valence electrons. The van der Waals surface area contributed by atoms with E-state index < -0.39 is 17.6 Å². The molecule has 0 aliphatic carbocycles. The summed E-state index contributed by atoms with van der Waals surface area (Å²) in [5, 5.41) is 13.0. The Morgan fingerprint density at radius 2 is 1.75 bits per heavy atom. The number of rotatable bonds is 15. The molecule has 3 N–H and O–H groups in total. The van der Waals surface area contributed by atoms with E-state index in [0.717, 1.165) is 15.6 Å². The van der Waals surface area contributed by atoms with Gasteiger partial charge < -0.3 is 24.1 Å². The molecule has 1 aliphatic rings. The summed E-state index contributed by atoms with van der Waals surface area (Å²) in [5.74, 6) is 1.56. The second kappa shape index (κ2) is 16.2. The van der Waals surface area contributed by atoms with Crippen molar-refractivity contribution in [2.45, 2.75) is 31.0 Å². The Kier molecular flexibility index (Phi) is 11.5. The fraction of sp³-hybridized carbons (Fsp3) is 0.257. The minimum absolute atomic E-state index is 0.0348. The van der Waals surface area contributed by atoms with Gasteiger partial charge >= 0.3 is 0 Å². The molecule has 4 aromatic rings. The number of methoxy groups -OCH3 is 2. The number of hydrogen-bond donors (Lipinski definition) is 3. The van der Waals surface area contributed by atoms with Gasteiger partial charge in [-0.05, 0) is 65.2 Å². The fourth-order valence-electron chi connectivity index (χ4n) is 5.35. The van der Waals surface area contributed by atoms with Crippen molar-refractivity contribution in [3.05, 3.63) is 128 Å². The van der Waals surface area contributed by atoms with Crippen LogP contribution in [0.2, 0.25) is 0 Å². The molecule has 0 spiro atoms. The van der Waals surface area contributed by atoms with E-state index in [4.69, 9.17) is 29.0 Å². The lowest BCUT2D eigenvalue weighted by Crippen LogP contribution is -2.53. The van der Waals surface area contributed by atoms with E-state index in [-0.39, 0.29) is 25.5 Å². The van der Waals surface area contributed by atoms with E-state index in [2.05, 4.69) is 36.8 Å². The number of ether oxygens (including phenoxy) is 4. The number of aliphatic hydroxyl groups is 1. The molecule has 0 saturated carbocycles. The van der Waals surface area contributed by atoms with Gasteiger partial charge in [0.15, 0.2) is 23.1 Å². The summed E-state index contributed by atoms with van der Waals surface area (Å²) < 4.78 is 23.9. The van der Waals surface area contributed by atoms with Crippen molar-refractivity contribution in [3.8, 4) is 17.2 Å². The zero-order chi connectivity index (χ0) is 33.9. The number of carbonyl (C=O) groups excluding carboxylic acids is 1. The average Bonchev–Trinajstić information content (AvgIpc) is 3.50. The molecular formula is C35H35BrN6O6. The molecule has 0 bridgehead atoms. The van der Waals surface area contributed by atoms with Crippen LogP contribution in [-0.2, 0) is 22.5 Å². The summed E-state index contributed by atoms with van der Waals surface area (Å²) in [6.45, 7) is 0.682. The summed E-state index contributed by atoms with van der Waals surface area (Å²) in [6.07, 6.45) is -0.302. The highest BCUT2D eigenvalue weighted by atomic mass is 79.9. The normalized spacial score (nSPS) is 16.7. The number of nitrogens with zero attached hydrogens (tertiary/aromatic N) is 4. The second-order valence-corrected chi connectivity index (χ2v) is 11.8. The van der Waals surface area contributed by atoms with E-state index in [0.29, 0.717) is 47.1 Å². The van der Waals surface area contributed by atoms with Crippen molar-refractivity contribution >= 4 is 33.4 Å². The first kappa shape index (κ1) is 34.3. The Balaban J connectivity index is 1.54. The van der Waals surface area contributed by atoms with Gasteiger partial charge in [-0.3, -0.25) is 10.2 Å². The van der Waals surface area contributed by atoms with E-state index >= 15 is 0 Å². The molecule has 1 amide bonds. The highest BCUT2D eigenvalue weighted by Crippen LogP contribution is 2.45. The molecule has 2 atom stereocenters. The number of hydrogen-bond acceptors (Lipinski definition) is 9. The molecule has 13 heteroatoms. The standard InChI is InChI=1S/C35H35BrN6O6/c1-45-30-17-10-24(20-31(30)46-2)22-38-41-34(44)35(21-23-8-13-26(36)14-9-23)32(28-6-3-4-7-29(28)40-42-37)48-33(39-35)25-11-15-27(16-12-25)47-19-5-18-43/h3-4,6-17,20,32,38,43H,5,18-19,21-22H2,1-2H3,(H,41,44)/t32-,35-/m0/s1. The summed E-state index contributed by atoms with van der Waals surface area (Å²) in [5.41, 5.74) is 16.9. The number of nitrogens with one attached hydrogen (secondary N) is 2. The Bertz CT molecular complexity index is 1800. The third-order valence-corrected chi connectivity index (χ3v) is 8.26. The predicted octanol–water partition coefficient (Wildman–Crippen LogP) is 6.49. The molecule has 5 rings (SSSR count). The van der Waals surface area contributed by atoms with Crippen molar-refractivity contribution in [2.24, 2.45) is 10.1 Å².